The van der Waals surface area contributed by atoms with Crippen LogP contribution >= 0.6 is 34.5 Å². The van der Waals surface area contributed by atoms with Crippen LogP contribution in [0.1, 0.15) is 12.5 Å². The fraction of sp³-hybridized carbons (Fsp3) is 0.111. The second-order valence-electron chi connectivity index (χ2n) is 5.20. The van der Waals surface area contributed by atoms with E-state index < -0.39 is 0 Å². The summed E-state index contributed by atoms with van der Waals surface area (Å²) in [7, 11) is 1.64. The van der Waals surface area contributed by atoms with E-state index in [9.17, 15) is 0 Å². The van der Waals surface area contributed by atoms with E-state index in [1.165, 1.54) is 11.3 Å². The van der Waals surface area contributed by atoms with Gasteiger partial charge in [-0.25, -0.2) is 4.98 Å². The van der Waals surface area contributed by atoms with Gasteiger partial charge in [0.15, 0.2) is 0 Å². The lowest BCUT2D eigenvalue weighted by molar-refractivity contribution is 0.415. The first-order valence-electron chi connectivity index (χ1n) is 7.42. The third-order valence-corrected chi connectivity index (χ3v) is 5.03. The average molecular weight is 392 g/mol. The first kappa shape index (κ1) is 17.7. The summed E-state index contributed by atoms with van der Waals surface area (Å²) in [5.41, 5.74) is 6.59. The molecule has 1 heterocycles. The van der Waals surface area contributed by atoms with Crippen LogP contribution in [0.15, 0.2) is 52.9 Å². The lowest BCUT2D eigenvalue weighted by Crippen LogP contribution is -1.99. The summed E-state index contributed by atoms with van der Waals surface area (Å²) in [6.45, 7) is 1.93. The maximum Gasteiger partial charge on any atom is 0.203 e. The van der Waals surface area contributed by atoms with E-state index in [1.54, 1.807) is 19.2 Å². The minimum absolute atomic E-state index is 0.509. The number of hydrogen-bond donors (Lipinski definition) is 1. The normalized spacial score (nSPS) is 11.4. The number of nitrogens with zero attached hydrogens (tertiary/aromatic N) is 2. The van der Waals surface area contributed by atoms with Gasteiger partial charge in [-0.2, -0.15) is 5.10 Å². The first-order chi connectivity index (χ1) is 12.1. The molecule has 0 saturated heterocycles. The summed E-state index contributed by atoms with van der Waals surface area (Å²) in [4.78, 5) is 4.52. The summed E-state index contributed by atoms with van der Waals surface area (Å²) in [6, 6.07) is 13.2. The van der Waals surface area contributed by atoms with Crippen molar-refractivity contribution in [1.29, 1.82) is 0 Å². The van der Waals surface area contributed by atoms with E-state index >= 15 is 0 Å². The molecule has 0 bridgehead atoms. The van der Waals surface area contributed by atoms with Crippen molar-refractivity contribution in [2.75, 3.05) is 12.5 Å². The number of nitrogens with one attached hydrogen (secondary N) is 1. The third-order valence-electron chi connectivity index (χ3n) is 3.55. The fourth-order valence-electron chi connectivity index (χ4n) is 2.14. The van der Waals surface area contributed by atoms with Crippen molar-refractivity contribution in [2.45, 2.75) is 6.92 Å². The number of thiazole rings is 1. The van der Waals surface area contributed by atoms with E-state index in [1.807, 2.05) is 42.6 Å². The quantitative estimate of drug-likeness (QED) is 0.430. The molecule has 0 fully saturated rings. The van der Waals surface area contributed by atoms with Gasteiger partial charge in [0.2, 0.25) is 5.13 Å². The molecule has 25 heavy (non-hydrogen) atoms. The Morgan fingerprint density at radius 1 is 1.12 bits per heavy atom. The van der Waals surface area contributed by atoms with Crippen molar-refractivity contribution in [3.63, 3.8) is 0 Å². The van der Waals surface area contributed by atoms with Gasteiger partial charge in [-0.15, -0.1) is 11.3 Å². The lowest BCUT2D eigenvalue weighted by Gasteiger charge is -2.03. The largest absolute Gasteiger partial charge is 0.497 e. The van der Waals surface area contributed by atoms with Gasteiger partial charge in [0, 0.05) is 10.9 Å². The van der Waals surface area contributed by atoms with Crippen molar-refractivity contribution >= 4 is 45.4 Å². The van der Waals surface area contributed by atoms with Crippen LogP contribution in [0.4, 0.5) is 5.13 Å². The Bertz CT molecular complexity index is 907. The molecule has 1 aromatic heterocycles. The van der Waals surface area contributed by atoms with Gasteiger partial charge < -0.3 is 4.74 Å². The van der Waals surface area contributed by atoms with E-state index in [0.717, 1.165) is 28.3 Å². The molecule has 0 amide bonds. The van der Waals surface area contributed by atoms with Gasteiger partial charge in [0.05, 0.1) is 28.6 Å². The average Bonchev–Trinajstić information content (AvgIpc) is 3.11. The van der Waals surface area contributed by atoms with Gasteiger partial charge in [-0.1, -0.05) is 29.3 Å². The Balaban J connectivity index is 1.73. The van der Waals surface area contributed by atoms with Crippen LogP contribution in [0.5, 0.6) is 5.75 Å². The number of aromatic nitrogens is 1. The Kier molecular flexibility index (Phi) is 5.58. The molecule has 0 aliphatic carbocycles. The SMILES string of the molecule is COc1ccc(/C(C)=N/Nc2nc(-c3ccc(Cl)c(Cl)c3)cs2)cc1. The maximum absolute atomic E-state index is 6.06. The maximum atomic E-state index is 6.06. The number of benzene rings is 2. The summed E-state index contributed by atoms with van der Waals surface area (Å²) < 4.78 is 5.16. The molecule has 0 aliphatic rings. The van der Waals surface area contributed by atoms with E-state index in [0.29, 0.717) is 15.2 Å². The van der Waals surface area contributed by atoms with Crippen LogP contribution in [0.25, 0.3) is 11.3 Å². The van der Waals surface area contributed by atoms with Crippen molar-refractivity contribution in [3.8, 4) is 17.0 Å². The summed E-state index contributed by atoms with van der Waals surface area (Å²) in [5.74, 6) is 0.815. The molecule has 0 saturated carbocycles. The van der Waals surface area contributed by atoms with Crippen molar-refractivity contribution in [3.05, 3.63) is 63.5 Å². The molecule has 0 aliphatic heterocycles. The molecule has 0 spiro atoms. The molecule has 0 unspecified atom stereocenters. The predicted molar refractivity (Wildman–Crippen MR) is 106 cm³/mol. The lowest BCUT2D eigenvalue weighted by atomic mass is 10.1. The summed E-state index contributed by atoms with van der Waals surface area (Å²) in [5, 5.41) is 8.07. The zero-order valence-electron chi connectivity index (χ0n) is 13.6. The molecule has 2 aromatic carbocycles. The molecule has 1 N–H and O–H groups in total. The summed E-state index contributed by atoms with van der Waals surface area (Å²) >= 11 is 13.5. The number of hydrazone groups is 1. The topological polar surface area (TPSA) is 46.5 Å². The zero-order valence-corrected chi connectivity index (χ0v) is 15.9. The Morgan fingerprint density at radius 2 is 1.88 bits per heavy atom. The number of anilines is 1. The molecule has 0 atom stereocenters. The Morgan fingerprint density at radius 3 is 2.56 bits per heavy atom. The third kappa shape index (κ3) is 4.31. The molecule has 0 radical (unpaired) electrons. The first-order valence-corrected chi connectivity index (χ1v) is 9.06. The van der Waals surface area contributed by atoms with Gasteiger partial charge in [-0.3, -0.25) is 5.43 Å². The highest BCUT2D eigenvalue weighted by Gasteiger charge is 2.07. The van der Waals surface area contributed by atoms with Gasteiger partial charge in [0.1, 0.15) is 5.75 Å². The Labute approximate surface area is 160 Å². The van der Waals surface area contributed by atoms with E-state index in [-0.39, 0.29) is 0 Å². The van der Waals surface area contributed by atoms with Crippen LogP contribution in [-0.2, 0) is 0 Å². The van der Waals surface area contributed by atoms with E-state index in [2.05, 4.69) is 15.5 Å². The molecule has 7 heteroatoms. The fourth-order valence-corrected chi connectivity index (χ4v) is 3.10. The molecule has 4 nitrogen and oxygen atoms in total. The van der Waals surface area contributed by atoms with Crippen molar-refractivity contribution < 1.29 is 4.74 Å². The molecule has 3 rings (SSSR count). The molecule has 128 valence electrons. The van der Waals surface area contributed by atoms with Crippen molar-refractivity contribution in [2.24, 2.45) is 5.10 Å². The Hall–Kier alpha value is -2.08. The second kappa shape index (κ2) is 7.87. The van der Waals surface area contributed by atoms with Crippen LogP contribution in [0.3, 0.4) is 0 Å². The number of methoxy groups -OCH3 is 1. The van der Waals surface area contributed by atoms with Gasteiger partial charge in [-0.05, 0) is 48.9 Å². The number of hydrogen-bond acceptors (Lipinski definition) is 5. The molecular formula is C18H15Cl2N3OS. The number of rotatable bonds is 5. The highest BCUT2D eigenvalue weighted by molar-refractivity contribution is 7.14. The van der Waals surface area contributed by atoms with Gasteiger partial charge in [0.25, 0.3) is 0 Å². The highest BCUT2D eigenvalue weighted by atomic mass is 35.5. The van der Waals surface area contributed by atoms with Crippen LogP contribution < -0.4 is 10.2 Å². The van der Waals surface area contributed by atoms with E-state index in [4.69, 9.17) is 27.9 Å². The zero-order chi connectivity index (χ0) is 17.8. The molecule has 3 aromatic rings. The van der Waals surface area contributed by atoms with Gasteiger partial charge >= 0.3 is 0 Å². The standard InChI is InChI=1S/C18H15Cl2N3OS/c1-11(12-3-6-14(24-2)7-4-12)22-23-18-21-17(10-25-18)13-5-8-15(19)16(20)9-13/h3-10H,1-2H3,(H,21,23)/b22-11+. The highest BCUT2D eigenvalue weighted by Crippen LogP contribution is 2.30. The predicted octanol–water partition coefficient (Wildman–Crippen LogP) is 5.96. The molecular weight excluding hydrogens is 377 g/mol. The van der Waals surface area contributed by atoms with Crippen LogP contribution in [0.2, 0.25) is 10.0 Å². The monoisotopic (exact) mass is 391 g/mol. The second-order valence-corrected chi connectivity index (χ2v) is 6.88. The minimum Gasteiger partial charge on any atom is -0.497 e. The smallest absolute Gasteiger partial charge is 0.203 e. The number of halogens is 2. The van der Waals surface area contributed by atoms with Crippen molar-refractivity contribution in [1.82, 2.24) is 4.98 Å². The van der Waals surface area contributed by atoms with Crippen LogP contribution in [-0.4, -0.2) is 17.8 Å². The minimum atomic E-state index is 0.509. The number of ether oxygens (including phenoxy) is 1. The summed E-state index contributed by atoms with van der Waals surface area (Å²) in [6.07, 6.45) is 0. The van der Waals surface area contributed by atoms with Crippen LogP contribution in [0, 0.1) is 0 Å².